The van der Waals surface area contributed by atoms with Crippen molar-refractivity contribution >= 4 is 18.7 Å². The number of carbonyl (C=O) groups is 1. The molecule has 0 bridgehead atoms. The molecule has 4 heteroatoms. The highest BCUT2D eigenvalue weighted by Crippen LogP contribution is 2.06. The van der Waals surface area contributed by atoms with Crippen molar-refractivity contribution in [2.24, 2.45) is 0 Å². The summed E-state index contributed by atoms with van der Waals surface area (Å²) in [6, 6.07) is -0.231. The summed E-state index contributed by atoms with van der Waals surface area (Å²) in [7, 11) is 0. The van der Waals surface area contributed by atoms with E-state index in [0.717, 1.165) is 6.29 Å². The molecule has 54 valence electrons. The van der Waals surface area contributed by atoms with E-state index in [1.807, 2.05) is 0 Å². The summed E-state index contributed by atoms with van der Waals surface area (Å²) in [6.07, 6.45) is 0.286. The zero-order valence-electron chi connectivity index (χ0n) is 4.84. The summed E-state index contributed by atoms with van der Waals surface area (Å²) in [5, 5.41) is 2.71. The predicted octanol–water partition coefficient (Wildman–Crippen LogP) is 0.307. The minimum atomic E-state index is -0.815. The van der Waals surface area contributed by atoms with Crippen LogP contribution in [0, 0.1) is 0 Å². The molecule has 2 atom stereocenters. The van der Waals surface area contributed by atoms with E-state index in [1.165, 1.54) is 0 Å². The second kappa shape index (κ2) is 3.80. The molecule has 1 fully saturated rings. The summed E-state index contributed by atoms with van der Waals surface area (Å²) < 4.78 is 12.1. The van der Waals surface area contributed by atoms with Gasteiger partial charge in [0.2, 0.25) is 0 Å². The van der Waals surface area contributed by atoms with Gasteiger partial charge in [-0.2, -0.15) is 0 Å². The summed E-state index contributed by atoms with van der Waals surface area (Å²) in [5.41, 5.74) is 0. The van der Waals surface area contributed by atoms with E-state index < -0.39 is 6.17 Å². The normalized spacial score (nSPS) is 33.4. The molecular formula is C5H9ClFNO. The molecule has 0 spiro atoms. The third-order valence-corrected chi connectivity index (χ3v) is 1.28. The lowest BCUT2D eigenvalue weighted by atomic mass is 10.2. The molecule has 2 nitrogen and oxygen atoms in total. The predicted molar refractivity (Wildman–Crippen MR) is 34.6 cm³/mol. The van der Waals surface area contributed by atoms with Crippen LogP contribution in [0.5, 0.6) is 0 Å². The highest BCUT2D eigenvalue weighted by atomic mass is 35.5. The summed E-state index contributed by atoms with van der Waals surface area (Å²) in [4.78, 5) is 9.92. The van der Waals surface area contributed by atoms with Crippen LogP contribution in [0.4, 0.5) is 4.39 Å². The third-order valence-electron chi connectivity index (χ3n) is 1.28. The highest BCUT2D eigenvalue weighted by molar-refractivity contribution is 5.85. The Morgan fingerprint density at radius 3 is 2.56 bits per heavy atom. The van der Waals surface area contributed by atoms with Crippen molar-refractivity contribution in [2.75, 3.05) is 6.54 Å². The first-order chi connectivity index (χ1) is 3.83. The van der Waals surface area contributed by atoms with Crippen molar-refractivity contribution in [1.29, 1.82) is 0 Å². The van der Waals surface area contributed by atoms with E-state index in [4.69, 9.17) is 0 Å². The number of alkyl halides is 1. The maximum Gasteiger partial charge on any atom is 0.137 e. The van der Waals surface area contributed by atoms with Gasteiger partial charge < -0.3 is 10.1 Å². The molecule has 1 rings (SSSR count). The molecule has 1 heterocycles. The first-order valence-corrected chi connectivity index (χ1v) is 2.65. The fourth-order valence-electron chi connectivity index (χ4n) is 0.825. The van der Waals surface area contributed by atoms with E-state index in [2.05, 4.69) is 5.32 Å². The Balaban J connectivity index is 0.000000640. The van der Waals surface area contributed by atoms with E-state index in [1.54, 1.807) is 0 Å². The Morgan fingerprint density at radius 2 is 2.33 bits per heavy atom. The second-order valence-electron chi connectivity index (χ2n) is 1.98. The van der Waals surface area contributed by atoms with Crippen LogP contribution in [-0.2, 0) is 4.79 Å². The monoisotopic (exact) mass is 153 g/mol. The first-order valence-electron chi connectivity index (χ1n) is 2.65. The zero-order valence-corrected chi connectivity index (χ0v) is 5.66. The third kappa shape index (κ3) is 2.28. The number of carbonyl (C=O) groups excluding carboxylic acids is 1. The van der Waals surface area contributed by atoms with Gasteiger partial charge in [-0.05, 0) is 0 Å². The van der Waals surface area contributed by atoms with Crippen LogP contribution in [0.1, 0.15) is 6.42 Å². The topological polar surface area (TPSA) is 29.1 Å². The van der Waals surface area contributed by atoms with Crippen LogP contribution in [-0.4, -0.2) is 25.0 Å². The van der Waals surface area contributed by atoms with Crippen molar-refractivity contribution < 1.29 is 9.18 Å². The summed E-state index contributed by atoms with van der Waals surface area (Å²) in [5.74, 6) is 0. The average molecular weight is 154 g/mol. The van der Waals surface area contributed by atoms with Gasteiger partial charge in [0.05, 0.1) is 6.04 Å². The number of halogens is 2. The maximum atomic E-state index is 12.1. The Bertz CT molecular complexity index is 101. The van der Waals surface area contributed by atoms with Gasteiger partial charge in [-0.1, -0.05) is 0 Å². The number of nitrogens with one attached hydrogen (secondary N) is 1. The SMILES string of the molecule is Cl.O=C[C@@H]1C[C@H](F)CN1. The smallest absolute Gasteiger partial charge is 0.137 e. The van der Waals surface area contributed by atoms with Gasteiger partial charge in [0.1, 0.15) is 12.5 Å². The zero-order chi connectivity index (χ0) is 5.98. The minimum Gasteiger partial charge on any atom is -0.305 e. The Labute approximate surface area is 59.2 Å². The highest BCUT2D eigenvalue weighted by Gasteiger charge is 2.21. The maximum absolute atomic E-state index is 12.1. The first kappa shape index (κ1) is 8.85. The van der Waals surface area contributed by atoms with Gasteiger partial charge in [-0.15, -0.1) is 12.4 Å². The number of rotatable bonds is 1. The van der Waals surface area contributed by atoms with Crippen molar-refractivity contribution in [3.63, 3.8) is 0 Å². The fraction of sp³-hybridized carbons (Fsp3) is 0.800. The molecule has 1 aliphatic heterocycles. The Hall–Kier alpha value is -0.150. The van der Waals surface area contributed by atoms with E-state index in [9.17, 15) is 9.18 Å². The number of aldehydes is 1. The lowest BCUT2D eigenvalue weighted by Crippen LogP contribution is -2.22. The molecule has 0 aliphatic carbocycles. The molecule has 0 aromatic heterocycles. The van der Waals surface area contributed by atoms with E-state index in [-0.39, 0.29) is 18.4 Å². The van der Waals surface area contributed by atoms with Crippen molar-refractivity contribution in [1.82, 2.24) is 5.32 Å². The molecule has 0 unspecified atom stereocenters. The molecule has 0 radical (unpaired) electrons. The fourth-order valence-corrected chi connectivity index (χ4v) is 0.825. The molecule has 0 amide bonds. The lowest BCUT2D eigenvalue weighted by molar-refractivity contribution is -0.109. The summed E-state index contributed by atoms with van der Waals surface area (Å²) in [6.45, 7) is 0.337. The van der Waals surface area contributed by atoms with Crippen LogP contribution in [0.15, 0.2) is 0 Å². The minimum absolute atomic E-state index is 0. The molecule has 0 aromatic rings. The summed E-state index contributed by atoms with van der Waals surface area (Å²) >= 11 is 0. The van der Waals surface area contributed by atoms with E-state index in [0.29, 0.717) is 13.0 Å². The van der Waals surface area contributed by atoms with Crippen LogP contribution in [0.25, 0.3) is 0 Å². The van der Waals surface area contributed by atoms with Crippen molar-refractivity contribution in [3.8, 4) is 0 Å². The molecular weight excluding hydrogens is 145 g/mol. The number of hydrogen-bond donors (Lipinski definition) is 1. The van der Waals surface area contributed by atoms with Crippen LogP contribution in [0.2, 0.25) is 0 Å². The Kier molecular flexibility index (Phi) is 3.73. The van der Waals surface area contributed by atoms with Gasteiger partial charge in [0, 0.05) is 13.0 Å². The van der Waals surface area contributed by atoms with Crippen molar-refractivity contribution in [3.05, 3.63) is 0 Å². The standard InChI is InChI=1S/C5H8FNO.ClH/c6-4-1-5(3-8)7-2-4;/h3-5,7H,1-2H2;1H/t4-,5-;/m0./s1. The van der Waals surface area contributed by atoms with Gasteiger partial charge in [-0.3, -0.25) is 0 Å². The van der Waals surface area contributed by atoms with Gasteiger partial charge in [0.15, 0.2) is 0 Å². The Morgan fingerprint density at radius 1 is 1.67 bits per heavy atom. The second-order valence-corrected chi connectivity index (χ2v) is 1.98. The van der Waals surface area contributed by atoms with Crippen molar-refractivity contribution in [2.45, 2.75) is 18.6 Å². The van der Waals surface area contributed by atoms with E-state index >= 15 is 0 Å². The average Bonchev–Trinajstić information content (AvgIpc) is 2.14. The number of hydrogen-bond acceptors (Lipinski definition) is 2. The van der Waals surface area contributed by atoms with Crippen LogP contribution < -0.4 is 5.32 Å². The van der Waals surface area contributed by atoms with Gasteiger partial charge in [-0.25, -0.2) is 4.39 Å². The molecule has 1 N–H and O–H groups in total. The van der Waals surface area contributed by atoms with Crippen LogP contribution >= 0.6 is 12.4 Å². The van der Waals surface area contributed by atoms with Gasteiger partial charge in [0.25, 0.3) is 0 Å². The molecule has 1 saturated heterocycles. The quantitative estimate of drug-likeness (QED) is 0.550. The lowest BCUT2D eigenvalue weighted by Gasteiger charge is -1.93. The largest absolute Gasteiger partial charge is 0.305 e. The molecule has 1 aliphatic rings. The molecule has 9 heavy (non-hydrogen) atoms. The van der Waals surface area contributed by atoms with Gasteiger partial charge >= 0.3 is 0 Å². The molecule has 0 saturated carbocycles. The van der Waals surface area contributed by atoms with Crippen LogP contribution in [0.3, 0.4) is 0 Å². The molecule has 0 aromatic carbocycles.